The standard InChI is InChI=1S/C32H17N8.Fe.HNO2/c1-2-10-18-17(9-1)25-33-26(18)38-28-21-13-5-6-14-22(21)30(35-28)40-32-24-16-8-7-15-23(24)31(36-32)39-29-20-12-4-3-11-19(20)27(34-29)37-25;;2-1-3/h1-16H,(H-,33,34,35,36,37,38,39,40);;(H,2,3)/q-1;+2;/p-1. The van der Waals surface area contributed by atoms with Crippen LogP contribution in [0.25, 0.3) is 89.7 Å². The van der Waals surface area contributed by atoms with E-state index in [4.69, 9.17) is 45.0 Å². The first kappa shape index (κ1) is 27.0. The number of hydrogen-bond donors (Lipinski definition) is 1. The maximum Gasteiger partial charge on any atom is 2.00 e. The summed E-state index contributed by atoms with van der Waals surface area (Å²) in [7, 11) is 0. The van der Waals surface area contributed by atoms with Crippen molar-refractivity contribution in [2.24, 2.45) is 5.34 Å². The molecule has 5 heterocycles. The molecule has 0 saturated heterocycles. The molecule has 0 atom stereocenters. The molecule has 8 bridgehead atoms. The van der Waals surface area contributed by atoms with Gasteiger partial charge < -0.3 is 30.1 Å². The number of H-pyrrole nitrogens is 1. The number of hydrogen-bond acceptors (Lipinski definition) is 9. The fourth-order valence-corrected chi connectivity index (χ4v) is 5.52. The van der Waals surface area contributed by atoms with Crippen molar-refractivity contribution in [1.82, 2.24) is 39.9 Å². The second-order valence-electron chi connectivity index (χ2n) is 9.80. The van der Waals surface area contributed by atoms with Gasteiger partial charge in [-0.25, -0.2) is 19.9 Å². The van der Waals surface area contributed by atoms with Gasteiger partial charge in [-0.2, -0.15) is 0 Å². The number of aromatic amines is 1. The number of rotatable bonds is 0. The van der Waals surface area contributed by atoms with Crippen LogP contribution in [0.2, 0.25) is 0 Å². The van der Waals surface area contributed by atoms with E-state index in [1.807, 2.05) is 97.1 Å². The molecular formula is C32H17FeN9O2. The molecule has 1 N–H and O–H groups in total. The zero-order valence-corrected chi connectivity index (χ0v) is 23.6. The van der Waals surface area contributed by atoms with Gasteiger partial charge >= 0.3 is 17.1 Å². The van der Waals surface area contributed by atoms with Crippen molar-refractivity contribution < 1.29 is 17.1 Å². The maximum atomic E-state index is 8.00. The third kappa shape index (κ3) is 4.28. The molecule has 0 amide bonds. The Balaban J connectivity index is 0.000000753. The minimum atomic E-state index is 0. The molecule has 9 rings (SSSR count). The minimum absolute atomic E-state index is 0. The summed E-state index contributed by atoms with van der Waals surface area (Å²) in [6.07, 6.45) is 0. The van der Waals surface area contributed by atoms with Crippen molar-refractivity contribution in [3.63, 3.8) is 0 Å². The summed E-state index contributed by atoms with van der Waals surface area (Å²) in [5.41, 5.74) is 6.11. The van der Waals surface area contributed by atoms with E-state index in [2.05, 4.69) is 4.98 Å². The van der Waals surface area contributed by atoms with Gasteiger partial charge in [0, 0.05) is 44.3 Å². The summed E-state index contributed by atoms with van der Waals surface area (Å²) in [5.74, 6) is 2.30. The van der Waals surface area contributed by atoms with Crippen molar-refractivity contribution in [3.8, 4) is 45.6 Å². The molecule has 0 radical (unpaired) electrons. The van der Waals surface area contributed by atoms with E-state index < -0.39 is 0 Å². The van der Waals surface area contributed by atoms with Gasteiger partial charge in [0.25, 0.3) is 0 Å². The second kappa shape index (κ2) is 10.8. The molecule has 7 aromatic rings. The summed E-state index contributed by atoms with van der Waals surface area (Å²) in [6, 6.07) is 32.0. The average molecular weight is 615 g/mol. The Hall–Kier alpha value is -5.84. The van der Waals surface area contributed by atoms with Crippen molar-refractivity contribution in [2.75, 3.05) is 0 Å². The van der Waals surface area contributed by atoms with Crippen molar-refractivity contribution in [2.45, 2.75) is 0 Å². The average Bonchev–Trinajstić information content (AvgIpc) is 3.77. The van der Waals surface area contributed by atoms with Gasteiger partial charge in [0.1, 0.15) is 11.3 Å². The zero-order valence-electron chi connectivity index (χ0n) is 22.5. The van der Waals surface area contributed by atoms with Crippen LogP contribution in [0, 0.1) is 10.1 Å². The number of fused-ring (bicyclic) bond motifs is 20. The molecule has 0 saturated carbocycles. The van der Waals surface area contributed by atoms with Crippen molar-refractivity contribution in [1.29, 1.82) is 0 Å². The molecular weight excluding hydrogens is 598 g/mol. The molecule has 4 aromatic carbocycles. The second-order valence-corrected chi connectivity index (χ2v) is 9.80. The van der Waals surface area contributed by atoms with Crippen LogP contribution in [0.5, 0.6) is 0 Å². The predicted molar refractivity (Wildman–Crippen MR) is 164 cm³/mol. The Kier molecular flexibility index (Phi) is 6.62. The van der Waals surface area contributed by atoms with E-state index in [1.165, 1.54) is 0 Å². The maximum absolute atomic E-state index is 8.00. The quantitative estimate of drug-likeness (QED) is 0.111. The molecule has 3 aromatic heterocycles. The van der Waals surface area contributed by atoms with Crippen molar-refractivity contribution in [3.05, 3.63) is 107 Å². The molecule has 2 aliphatic heterocycles. The summed E-state index contributed by atoms with van der Waals surface area (Å²) in [4.78, 5) is 46.0. The van der Waals surface area contributed by atoms with E-state index in [9.17, 15) is 0 Å². The summed E-state index contributed by atoms with van der Waals surface area (Å²) < 4.78 is 0. The Labute approximate surface area is 258 Å². The van der Waals surface area contributed by atoms with Crippen LogP contribution in [0.15, 0.2) is 102 Å². The molecule has 0 aliphatic carbocycles. The van der Waals surface area contributed by atoms with Gasteiger partial charge in [0.15, 0.2) is 11.6 Å². The number of benzene rings is 4. The van der Waals surface area contributed by atoms with Crippen molar-refractivity contribution >= 4 is 44.1 Å². The molecule has 210 valence electrons. The Morgan fingerprint density at radius 3 is 1.20 bits per heavy atom. The number of nitrogens with zero attached hydrogens (tertiary/aromatic N) is 8. The third-order valence-electron chi connectivity index (χ3n) is 7.40. The van der Waals surface area contributed by atoms with Gasteiger partial charge in [-0.15, -0.1) is 5.34 Å². The largest absolute Gasteiger partial charge is 2.00 e. The zero-order chi connectivity index (χ0) is 28.9. The monoisotopic (exact) mass is 615 g/mol. The Morgan fingerprint density at radius 2 is 0.818 bits per heavy atom. The summed E-state index contributed by atoms with van der Waals surface area (Å²) >= 11 is 0. The van der Waals surface area contributed by atoms with E-state index >= 15 is 0 Å². The Morgan fingerprint density at radius 1 is 0.500 bits per heavy atom. The minimum Gasteiger partial charge on any atom is -0.444 e. The van der Waals surface area contributed by atoms with Gasteiger partial charge in [0.2, 0.25) is 0 Å². The Bertz CT molecular complexity index is 2100. The molecule has 44 heavy (non-hydrogen) atoms. The number of aromatic nitrogens is 8. The van der Waals surface area contributed by atoms with Gasteiger partial charge in [0.05, 0.1) is 11.6 Å². The fourth-order valence-electron chi connectivity index (χ4n) is 5.52. The molecule has 12 heteroatoms. The summed E-state index contributed by atoms with van der Waals surface area (Å²) in [6.45, 7) is 0. The SMILES string of the molecule is O=N[O-].[Fe+2].c1ccc2c(c1)-c1nc-2nc2[nH]c(nc3nc(nc4[n-]c(n1)c1ccccc41)-c1ccccc1-3)c1ccccc21. The molecule has 2 aliphatic rings. The van der Waals surface area contributed by atoms with Crippen LogP contribution in [0.1, 0.15) is 0 Å². The molecule has 0 fully saturated rings. The van der Waals surface area contributed by atoms with Crippen LogP contribution >= 0.6 is 0 Å². The fraction of sp³-hybridized carbons (Fsp3) is 0. The first-order valence-corrected chi connectivity index (χ1v) is 13.3. The predicted octanol–water partition coefficient (Wildman–Crippen LogP) is 6.75. The van der Waals surface area contributed by atoms with Gasteiger partial charge in [-0.1, -0.05) is 97.1 Å². The third-order valence-corrected chi connectivity index (χ3v) is 7.40. The first-order chi connectivity index (χ1) is 21.2. The van der Waals surface area contributed by atoms with Crippen LogP contribution in [0.3, 0.4) is 0 Å². The van der Waals surface area contributed by atoms with Gasteiger partial charge in [-0.3, -0.25) is 0 Å². The van der Waals surface area contributed by atoms with Crippen LogP contribution < -0.4 is 4.98 Å². The van der Waals surface area contributed by atoms with E-state index in [0.29, 0.717) is 45.9 Å². The molecule has 0 unspecified atom stereocenters. The van der Waals surface area contributed by atoms with Crippen LogP contribution in [0.4, 0.5) is 0 Å². The van der Waals surface area contributed by atoms with Gasteiger partial charge in [-0.05, 0) is 10.8 Å². The molecule has 11 nitrogen and oxygen atoms in total. The van der Waals surface area contributed by atoms with E-state index in [-0.39, 0.29) is 17.1 Å². The van der Waals surface area contributed by atoms with Crippen LogP contribution in [-0.2, 0) is 17.1 Å². The smallest absolute Gasteiger partial charge is 0.444 e. The summed E-state index contributed by atoms with van der Waals surface area (Å²) in [5, 5.41) is 12.7. The normalized spacial score (nSPS) is 11.2. The number of nitrogens with one attached hydrogen (secondary N) is 1. The first-order valence-electron chi connectivity index (χ1n) is 13.3. The topological polar surface area (TPSA) is 160 Å². The van der Waals surface area contributed by atoms with Crippen LogP contribution in [-0.4, -0.2) is 34.9 Å². The molecule has 0 spiro atoms. The van der Waals surface area contributed by atoms with E-state index in [0.717, 1.165) is 49.1 Å². The van der Waals surface area contributed by atoms with E-state index in [1.54, 1.807) is 0 Å².